The summed E-state index contributed by atoms with van der Waals surface area (Å²) in [4.78, 5) is 24.2. The highest BCUT2D eigenvalue weighted by molar-refractivity contribution is 7.92. The zero-order valence-electron chi connectivity index (χ0n) is 19.2. The molecule has 4 rings (SSSR count). The fraction of sp³-hybridized carbons (Fsp3) is 0.292. The third-order valence-corrected chi connectivity index (χ3v) is 8.65. The molecular weight excluding hydrogens is 472 g/mol. The molecule has 4 aromatic rings. The van der Waals surface area contributed by atoms with Crippen LogP contribution < -0.4 is 9.64 Å². The second-order valence-electron chi connectivity index (χ2n) is 8.04. The van der Waals surface area contributed by atoms with Crippen LogP contribution in [0.1, 0.15) is 30.6 Å². The summed E-state index contributed by atoms with van der Waals surface area (Å²) in [6.07, 6.45) is 5.98. The molecule has 10 heteroatoms. The van der Waals surface area contributed by atoms with E-state index in [0.717, 1.165) is 4.70 Å². The van der Waals surface area contributed by atoms with Crippen LogP contribution in [0, 0.1) is 0 Å². The van der Waals surface area contributed by atoms with Crippen LogP contribution in [0.25, 0.3) is 10.2 Å². The summed E-state index contributed by atoms with van der Waals surface area (Å²) in [6, 6.07) is 11.9. The lowest BCUT2D eigenvalue weighted by molar-refractivity contribution is 0.0986. The number of hydrogen-bond acceptors (Lipinski definition) is 7. The zero-order valence-corrected chi connectivity index (χ0v) is 20.8. The second kappa shape index (κ2) is 9.94. The standard InChI is InChI=1S/C24H26N4O4S2/c1-17(2)34(30,31)19-8-4-7-18(15-19)23(29)28(13-6-12-27-14-11-25-16-27)24-26-22-20(32-3)9-5-10-21(22)33-24/h4-5,7-11,14-17H,6,12-13H2,1-3H3. The lowest BCUT2D eigenvalue weighted by Crippen LogP contribution is -2.32. The van der Waals surface area contributed by atoms with Crippen molar-refractivity contribution < 1.29 is 17.9 Å². The lowest BCUT2D eigenvalue weighted by atomic mass is 10.2. The van der Waals surface area contributed by atoms with Crippen molar-refractivity contribution in [1.82, 2.24) is 14.5 Å². The van der Waals surface area contributed by atoms with E-state index in [1.165, 1.54) is 23.5 Å². The molecule has 0 fully saturated rings. The Bertz CT molecular complexity index is 1400. The van der Waals surface area contributed by atoms with Crippen molar-refractivity contribution in [2.75, 3.05) is 18.6 Å². The Balaban J connectivity index is 1.70. The Hall–Kier alpha value is -3.24. The molecule has 8 nitrogen and oxygen atoms in total. The maximum Gasteiger partial charge on any atom is 0.260 e. The number of aryl methyl sites for hydroxylation is 1. The number of imidazole rings is 1. The minimum Gasteiger partial charge on any atom is -0.494 e. The first kappa shape index (κ1) is 23.9. The van der Waals surface area contributed by atoms with Gasteiger partial charge in [-0.1, -0.05) is 23.5 Å². The number of rotatable bonds is 9. The van der Waals surface area contributed by atoms with Gasteiger partial charge < -0.3 is 9.30 Å². The predicted molar refractivity (Wildman–Crippen MR) is 133 cm³/mol. The van der Waals surface area contributed by atoms with Gasteiger partial charge >= 0.3 is 0 Å². The van der Waals surface area contributed by atoms with Gasteiger partial charge in [0.15, 0.2) is 15.0 Å². The number of amides is 1. The topological polar surface area (TPSA) is 94.4 Å². The summed E-state index contributed by atoms with van der Waals surface area (Å²) in [5, 5.41) is -0.0480. The highest BCUT2D eigenvalue weighted by Crippen LogP contribution is 2.35. The maximum atomic E-state index is 13.7. The molecular formula is C24H26N4O4S2. The van der Waals surface area contributed by atoms with Crippen LogP contribution in [0.5, 0.6) is 5.75 Å². The molecule has 2 heterocycles. The van der Waals surface area contributed by atoms with Crippen molar-refractivity contribution >= 4 is 42.4 Å². The molecule has 34 heavy (non-hydrogen) atoms. The molecule has 0 bridgehead atoms. The predicted octanol–water partition coefficient (Wildman–Crippen LogP) is 4.42. The Labute approximate surface area is 202 Å². The van der Waals surface area contributed by atoms with Gasteiger partial charge in [-0.25, -0.2) is 18.4 Å². The molecule has 2 aromatic carbocycles. The molecule has 0 radical (unpaired) electrons. The number of thiazole rings is 1. The third kappa shape index (κ3) is 4.83. The number of sulfone groups is 1. The normalized spacial score (nSPS) is 11.8. The number of anilines is 1. The first-order valence-electron chi connectivity index (χ1n) is 10.9. The van der Waals surface area contributed by atoms with Gasteiger partial charge in [-0.15, -0.1) is 0 Å². The highest BCUT2D eigenvalue weighted by atomic mass is 32.2. The van der Waals surface area contributed by atoms with Crippen LogP contribution >= 0.6 is 11.3 Å². The van der Waals surface area contributed by atoms with Gasteiger partial charge in [-0.05, 0) is 50.6 Å². The lowest BCUT2D eigenvalue weighted by Gasteiger charge is -2.20. The Morgan fingerprint density at radius 3 is 2.71 bits per heavy atom. The van der Waals surface area contributed by atoms with E-state index in [4.69, 9.17) is 9.72 Å². The summed E-state index contributed by atoms with van der Waals surface area (Å²) in [5.41, 5.74) is 0.990. The average molecular weight is 499 g/mol. The van der Waals surface area contributed by atoms with E-state index in [2.05, 4.69) is 4.98 Å². The number of ether oxygens (including phenoxy) is 1. The number of fused-ring (bicyclic) bond motifs is 1. The van der Waals surface area contributed by atoms with E-state index in [1.54, 1.807) is 50.5 Å². The van der Waals surface area contributed by atoms with Crippen molar-refractivity contribution in [2.45, 2.75) is 37.0 Å². The summed E-state index contributed by atoms with van der Waals surface area (Å²) < 4.78 is 33.6. The van der Waals surface area contributed by atoms with Crippen LogP contribution in [0.4, 0.5) is 5.13 Å². The Morgan fingerprint density at radius 1 is 1.21 bits per heavy atom. The summed E-state index contributed by atoms with van der Waals surface area (Å²) in [5.74, 6) is 0.334. The van der Waals surface area contributed by atoms with Crippen molar-refractivity contribution in [1.29, 1.82) is 0 Å². The van der Waals surface area contributed by atoms with Crippen LogP contribution in [0.2, 0.25) is 0 Å². The van der Waals surface area contributed by atoms with Crippen LogP contribution in [0.15, 0.2) is 66.1 Å². The maximum absolute atomic E-state index is 13.7. The summed E-state index contributed by atoms with van der Waals surface area (Å²) in [6.45, 7) is 4.33. The molecule has 0 N–H and O–H groups in total. The number of carbonyl (C=O) groups excluding carboxylic acids is 1. The van der Waals surface area contributed by atoms with Gasteiger partial charge in [0.25, 0.3) is 5.91 Å². The van der Waals surface area contributed by atoms with Crippen LogP contribution in [-0.4, -0.2) is 47.8 Å². The number of hydrogen-bond donors (Lipinski definition) is 0. The molecule has 0 aliphatic heterocycles. The SMILES string of the molecule is COc1cccc2sc(N(CCCn3ccnc3)C(=O)c3cccc(S(=O)(=O)C(C)C)c3)nc12. The zero-order chi connectivity index (χ0) is 24.3. The molecule has 2 aromatic heterocycles. The van der Waals surface area contributed by atoms with Gasteiger partial charge in [0.05, 0.1) is 28.3 Å². The smallest absolute Gasteiger partial charge is 0.260 e. The molecule has 0 saturated carbocycles. The number of methoxy groups -OCH3 is 1. The molecule has 0 aliphatic carbocycles. The highest BCUT2D eigenvalue weighted by Gasteiger charge is 2.25. The first-order valence-corrected chi connectivity index (χ1v) is 13.2. The van der Waals surface area contributed by atoms with Gasteiger partial charge in [0, 0.05) is 31.0 Å². The monoisotopic (exact) mass is 498 g/mol. The van der Waals surface area contributed by atoms with Crippen LogP contribution in [-0.2, 0) is 16.4 Å². The van der Waals surface area contributed by atoms with E-state index in [-0.39, 0.29) is 10.8 Å². The van der Waals surface area contributed by atoms with Gasteiger partial charge in [-0.2, -0.15) is 0 Å². The first-order chi connectivity index (χ1) is 16.3. The van der Waals surface area contributed by atoms with E-state index in [0.29, 0.717) is 41.5 Å². The number of carbonyl (C=O) groups is 1. The third-order valence-electron chi connectivity index (χ3n) is 5.45. The van der Waals surface area contributed by atoms with Crippen molar-refractivity contribution in [3.63, 3.8) is 0 Å². The second-order valence-corrected chi connectivity index (χ2v) is 11.5. The fourth-order valence-corrected chi connectivity index (χ4v) is 5.65. The largest absolute Gasteiger partial charge is 0.494 e. The Kier molecular flexibility index (Phi) is 6.99. The number of aromatic nitrogens is 3. The molecule has 1 amide bonds. The number of para-hydroxylation sites is 1. The quantitative estimate of drug-likeness (QED) is 0.339. The average Bonchev–Trinajstić information content (AvgIpc) is 3.51. The van der Waals surface area contributed by atoms with Gasteiger partial charge in [0.2, 0.25) is 0 Å². The molecule has 0 spiro atoms. The molecule has 0 unspecified atom stereocenters. The fourth-order valence-electron chi connectivity index (χ4n) is 3.54. The minimum atomic E-state index is -3.51. The number of nitrogens with zero attached hydrogens (tertiary/aromatic N) is 4. The van der Waals surface area contributed by atoms with Crippen LogP contribution in [0.3, 0.4) is 0 Å². The van der Waals surface area contributed by atoms with E-state index < -0.39 is 15.1 Å². The summed E-state index contributed by atoms with van der Waals surface area (Å²) >= 11 is 1.40. The van der Waals surface area contributed by atoms with Crippen molar-refractivity contribution in [2.24, 2.45) is 0 Å². The number of benzene rings is 2. The molecule has 0 aliphatic rings. The van der Waals surface area contributed by atoms with E-state index in [1.807, 2.05) is 29.0 Å². The Morgan fingerprint density at radius 2 is 2.00 bits per heavy atom. The van der Waals surface area contributed by atoms with E-state index >= 15 is 0 Å². The summed E-state index contributed by atoms with van der Waals surface area (Å²) in [7, 11) is -1.92. The molecule has 0 atom stereocenters. The van der Waals surface area contributed by atoms with E-state index in [9.17, 15) is 13.2 Å². The van der Waals surface area contributed by atoms with Crippen molar-refractivity contribution in [3.8, 4) is 5.75 Å². The molecule has 0 saturated heterocycles. The minimum absolute atomic E-state index is 0.137. The molecule has 178 valence electrons. The van der Waals surface area contributed by atoms with Crippen molar-refractivity contribution in [3.05, 3.63) is 66.7 Å². The van der Waals surface area contributed by atoms with Gasteiger partial charge in [0.1, 0.15) is 11.3 Å². The van der Waals surface area contributed by atoms with Gasteiger partial charge in [-0.3, -0.25) is 9.69 Å².